The number of carbonyl (C=O) groups is 1. The van der Waals surface area contributed by atoms with Gasteiger partial charge in [0, 0.05) is 12.5 Å². The Balaban J connectivity index is 2.64. The first kappa shape index (κ1) is 23.7. The molecule has 9 heteroatoms. The number of halogens is 5. The van der Waals surface area contributed by atoms with E-state index < -0.39 is 40.2 Å². The van der Waals surface area contributed by atoms with E-state index in [1.807, 2.05) is 20.8 Å². The van der Waals surface area contributed by atoms with Gasteiger partial charge < -0.3 is 10.4 Å². The SMILES string of the molecule is Bc1cc(C(C)(C)C)c(O)c(C(=O)Nc2cc(C(C)(F)F)ccc2C(F)(F)F)c1C. The van der Waals surface area contributed by atoms with E-state index in [4.69, 9.17) is 0 Å². The molecular formula is C21H23BF5NO2. The van der Waals surface area contributed by atoms with Crippen LogP contribution >= 0.6 is 0 Å². The number of hydrogen-bond acceptors (Lipinski definition) is 2. The van der Waals surface area contributed by atoms with Crippen LogP contribution in [0.1, 0.15) is 60.3 Å². The Morgan fingerprint density at radius 3 is 2.03 bits per heavy atom. The van der Waals surface area contributed by atoms with Crippen molar-refractivity contribution < 1.29 is 31.9 Å². The van der Waals surface area contributed by atoms with Crippen molar-refractivity contribution in [3.63, 3.8) is 0 Å². The van der Waals surface area contributed by atoms with E-state index in [0.29, 0.717) is 41.7 Å². The van der Waals surface area contributed by atoms with E-state index >= 15 is 0 Å². The first-order valence-electron chi connectivity index (χ1n) is 9.19. The van der Waals surface area contributed by atoms with Gasteiger partial charge in [0.1, 0.15) is 13.6 Å². The van der Waals surface area contributed by atoms with Gasteiger partial charge in [-0.1, -0.05) is 38.4 Å². The van der Waals surface area contributed by atoms with Crippen molar-refractivity contribution in [1.29, 1.82) is 0 Å². The third kappa shape index (κ3) is 4.76. The third-order valence-electron chi connectivity index (χ3n) is 4.93. The lowest BCUT2D eigenvalue weighted by Gasteiger charge is -2.24. The van der Waals surface area contributed by atoms with Gasteiger partial charge in [-0.25, -0.2) is 8.78 Å². The van der Waals surface area contributed by atoms with Crippen LogP contribution in [0, 0.1) is 6.92 Å². The molecule has 30 heavy (non-hydrogen) atoms. The summed E-state index contributed by atoms with van der Waals surface area (Å²) in [6, 6.07) is 3.49. The van der Waals surface area contributed by atoms with Gasteiger partial charge in [0.25, 0.3) is 11.8 Å². The molecule has 162 valence electrons. The minimum Gasteiger partial charge on any atom is -0.507 e. The molecule has 0 fully saturated rings. The molecule has 2 aromatic rings. The second kappa shape index (κ2) is 7.59. The summed E-state index contributed by atoms with van der Waals surface area (Å²) in [5.41, 5.74) is -1.99. The molecule has 0 spiro atoms. The molecule has 0 aliphatic heterocycles. The molecule has 0 saturated heterocycles. The Morgan fingerprint density at radius 2 is 1.57 bits per heavy atom. The standard InChI is InChI=1S/C21H23BF5NO2/c1-10-14(22)9-13(19(2,3)4)17(29)16(10)18(30)28-15-8-11(20(5,23)24)6-7-12(15)21(25,26)27/h6-9,29H,22H2,1-5H3,(H,28,30). The van der Waals surface area contributed by atoms with Crippen LogP contribution in [0.2, 0.25) is 0 Å². The topological polar surface area (TPSA) is 49.3 Å². The summed E-state index contributed by atoms with van der Waals surface area (Å²) in [4.78, 5) is 12.9. The van der Waals surface area contributed by atoms with Crippen molar-refractivity contribution in [2.45, 2.75) is 52.1 Å². The van der Waals surface area contributed by atoms with Gasteiger partial charge in [-0.15, -0.1) is 0 Å². The number of phenolic OH excluding ortho intramolecular Hbond substituents is 1. The third-order valence-corrected chi connectivity index (χ3v) is 4.93. The van der Waals surface area contributed by atoms with Crippen LogP contribution in [0.15, 0.2) is 24.3 Å². The number of anilines is 1. The van der Waals surface area contributed by atoms with E-state index in [-0.39, 0.29) is 11.3 Å². The Morgan fingerprint density at radius 1 is 1.00 bits per heavy atom. The van der Waals surface area contributed by atoms with Crippen LogP contribution in [-0.4, -0.2) is 18.9 Å². The number of rotatable bonds is 3. The smallest absolute Gasteiger partial charge is 0.418 e. The molecule has 0 saturated carbocycles. The van der Waals surface area contributed by atoms with Crippen LogP contribution in [0.25, 0.3) is 0 Å². The highest BCUT2D eigenvalue weighted by Gasteiger charge is 2.36. The summed E-state index contributed by atoms with van der Waals surface area (Å²) in [6.07, 6.45) is -4.87. The van der Waals surface area contributed by atoms with Crippen LogP contribution < -0.4 is 10.8 Å². The zero-order valence-electron chi connectivity index (χ0n) is 17.6. The first-order chi connectivity index (χ1) is 13.4. The highest BCUT2D eigenvalue weighted by Crippen LogP contribution is 2.39. The molecule has 0 radical (unpaired) electrons. The predicted octanol–water partition coefficient (Wildman–Crippen LogP) is 4.64. The average molecular weight is 427 g/mol. The molecule has 0 unspecified atom stereocenters. The number of phenols is 1. The largest absolute Gasteiger partial charge is 0.507 e. The number of aromatic hydroxyl groups is 1. The first-order valence-corrected chi connectivity index (χ1v) is 9.19. The average Bonchev–Trinajstić information content (AvgIpc) is 2.55. The fourth-order valence-corrected chi connectivity index (χ4v) is 3.10. The van der Waals surface area contributed by atoms with Gasteiger partial charge in [0.15, 0.2) is 0 Å². The molecule has 3 nitrogen and oxygen atoms in total. The maximum atomic E-state index is 13.7. The van der Waals surface area contributed by atoms with Crippen molar-refractivity contribution in [3.05, 3.63) is 52.1 Å². The van der Waals surface area contributed by atoms with Crippen molar-refractivity contribution >= 4 is 24.9 Å². The highest BCUT2D eigenvalue weighted by molar-refractivity contribution is 6.34. The normalized spacial score (nSPS) is 12.7. The number of benzene rings is 2. The van der Waals surface area contributed by atoms with E-state index in [1.165, 1.54) is 0 Å². The number of carbonyl (C=O) groups excluding carboxylic acids is 1. The zero-order valence-corrected chi connectivity index (χ0v) is 17.6. The molecule has 2 rings (SSSR count). The highest BCUT2D eigenvalue weighted by atomic mass is 19.4. The Kier molecular flexibility index (Phi) is 6.00. The molecule has 2 aromatic carbocycles. The minimum atomic E-state index is -4.87. The van der Waals surface area contributed by atoms with Crippen molar-refractivity contribution in [2.75, 3.05) is 5.32 Å². The quantitative estimate of drug-likeness (QED) is 0.554. The number of nitrogens with one attached hydrogen (secondary N) is 1. The molecule has 1 amide bonds. The van der Waals surface area contributed by atoms with Crippen LogP contribution in [-0.2, 0) is 17.5 Å². The maximum Gasteiger partial charge on any atom is 0.418 e. The van der Waals surface area contributed by atoms with Crippen LogP contribution in [0.3, 0.4) is 0 Å². The molecule has 0 aromatic heterocycles. The second-order valence-corrected chi connectivity index (χ2v) is 8.44. The van der Waals surface area contributed by atoms with Crippen molar-refractivity contribution in [3.8, 4) is 5.75 Å². The molecule has 0 bridgehead atoms. The van der Waals surface area contributed by atoms with Gasteiger partial charge in [0.2, 0.25) is 0 Å². The fourth-order valence-electron chi connectivity index (χ4n) is 3.10. The minimum absolute atomic E-state index is 0.193. The zero-order chi connectivity index (χ0) is 23.2. The maximum absolute atomic E-state index is 13.7. The molecule has 0 aliphatic carbocycles. The molecule has 2 N–H and O–H groups in total. The van der Waals surface area contributed by atoms with E-state index in [1.54, 1.807) is 20.8 Å². The summed E-state index contributed by atoms with van der Waals surface area (Å²) in [6.45, 7) is 7.54. The van der Waals surface area contributed by atoms with Crippen molar-refractivity contribution in [2.24, 2.45) is 0 Å². The van der Waals surface area contributed by atoms with E-state index in [9.17, 15) is 31.9 Å². The van der Waals surface area contributed by atoms with Crippen LogP contribution in [0.5, 0.6) is 5.75 Å². The second-order valence-electron chi connectivity index (χ2n) is 8.44. The lowest BCUT2D eigenvalue weighted by molar-refractivity contribution is -0.137. The monoisotopic (exact) mass is 427 g/mol. The summed E-state index contributed by atoms with van der Waals surface area (Å²) in [5, 5.41) is 12.8. The molecule has 0 atom stereocenters. The number of amides is 1. The summed E-state index contributed by atoms with van der Waals surface area (Å²) < 4.78 is 67.5. The fraction of sp³-hybridized carbons (Fsp3) is 0.381. The summed E-state index contributed by atoms with van der Waals surface area (Å²) in [5.74, 6) is -4.76. The lowest BCUT2D eigenvalue weighted by Crippen LogP contribution is -2.25. The predicted molar refractivity (Wildman–Crippen MR) is 109 cm³/mol. The summed E-state index contributed by atoms with van der Waals surface area (Å²) >= 11 is 0. The van der Waals surface area contributed by atoms with Gasteiger partial charge >= 0.3 is 6.18 Å². The molecule has 0 heterocycles. The number of alkyl halides is 5. The van der Waals surface area contributed by atoms with Crippen LogP contribution in [0.4, 0.5) is 27.6 Å². The van der Waals surface area contributed by atoms with E-state index in [0.717, 1.165) is 0 Å². The van der Waals surface area contributed by atoms with E-state index in [2.05, 4.69) is 5.32 Å². The Labute approximate surface area is 172 Å². The lowest BCUT2D eigenvalue weighted by atomic mass is 9.78. The Bertz CT molecular complexity index is 989. The van der Waals surface area contributed by atoms with Crippen molar-refractivity contribution in [1.82, 2.24) is 0 Å². The molecular weight excluding hydrogens is 404 g/mol. The van der Waals surface area contributed by atoms with Gasteiger partial charge in [-0.05, 0) is 35.6 Å². The summed E-state index contributed by atoms with van der Waals surface area (Å²) in [7, 11) is 1.71. The van der Waals surface area contributed by atoms with Gasteiger partial charge in [-0.3, -0.25) is 4.79 Å². The molecule has 0 aliphatic rings. The van der Waals surface area contributed by atoms with Gasteiger partial charge in [-0.2, -0.15) is 13.2 Å². The Hall–Kier alpha value is -2.58. The number of hydrogen-bond donors (Lipinski definition) is 2. The van der Waals surface area contributed by atoms with Gasteiger partial charge in [0.05, 0.1) is 16.8 Å².